The van der Waals surface area contributed by atoms with Gasteiger partial charge in [0.1, 0.15) is 0 Å². The van der Waals surface area contributed by atoms with Crippen molar-refractivity contribution in [3.8, 4) is 0 Å². The zero-order chi connectivity index (χ0) is 15.2. The Kier molecular flexibility index (Phi) is 5.43. The maximum absolute atomic E-state index is 10.8. The van der Waals surface area contributed by atoms with Crippen LogP contribution in [0.25, 0.3) is 0 Å². The summed E-state index contributed by atoms with van der Waals surface area (Å²) in [6.45, 7) is 5.50. The molecule has 0 aromatic heterocycles. The molecule has 0 saturated heterocycles. The molecule has 2 rings (SSSR count). The Balaban J connectivity index is 1.75. The summed E-state index contributed by atoms with van der Waals surface area (Å²) in [7, 11) is 0. The fourth-order valence-corrected chi connectivity index (χ4v) is 2.91. The van der Waals surface area contributed by atoms with Gasteiger partial charge in [-0.25, -0.2) is 4.79 Å². The predicted molar refractivity (Wildman–Crippen MR) is 86.8 cm³/mol. The number of benzene rings is 1. The number of nitrogens with one attached hydrogen (secondary N) is 1. The van der Waals surface area contributed by atoms with Crippen molar-refractivity contribution in [3.63, 3.8) is 0 Å². The van der Waals surface area contributed by atoms with Crippen molar-refractivity contribution in [1.82, 2.24) is 0 Å². The largest absolute Gasteiger partial charge is 0.478 e. The van der Waals surface area contributed by atoms with Gasteiger partial charge in [-0.1, -0.05) is 18.6 Å². The van der Waals surface area contributed by atoms with E-state index in [9.17, 15) is 4.79 Å². The van der Waals surface area contributed by atoms with E-state index in [-0.39, 0.29) is 0 Å². The smallest absolute Gasteiger partial charge is 0.335 e. The van der Waals surface area contributed by atoms with Crippen LogP contribution in [-0.4, -0.2) is 17.6 Å². The van der Waals surface area contributed by atoms with E-state index in [2.05, 4.69) is 25.2 Å². The molecule has 1 aromatic rings. The van der Waals surface area contributed by atoms with Gasteiger partial charge >= 0.3 is 5.97 Å². The summed E-state index contributed by atoms with van der Waals surface area (Å²) in [5.41, 5.74) is 2.86. The second-order valence-corrected chi connectivity index (χ2v) is 6.16. The van der Waals surface area contributed by atoms with Gasteiger partial charge in [-0.2, -0.15) is 0 Å². The molecule has 1 aliphatic rings. The van der Waals surface area contributed by atoms with Gasteiger partial charge in [-0.3, -0.25) is 0 Å². The molecule has 3 heteroatoms. The first kappa shape index (κ1) is 15.6. The summed E-state index contributed by atoms with van der Waals surface area (Å²) in [6.07, 6.45) is 7.33. The minimum absolute atomic E-state index is 0.332. The highest BCUT2D eigenvalue weighted by Crippen LogP contribution is 2.30. The molecule has 0 radical (unpaired) electrons. The predicted octanol–water partition coefficient (Wildman–Crippen LogP) is 4.57. The van der Waals surface area contributed by atoms with Crippen molar-refractivity contribution in [2.45, 2.75) is 39.5 Å². The summed E-state index contributed by atoms with van der Waals surface area (Å²) < 4.78 is 0. The molecule has 0 amide bonds. The van der Waals surface area contributed by atoms with Gasteiger partial charge in [0, 0.05) is 12.2 Å². The normalized spacial score (nSPS) is 19.7. The summed E-state index contributed by atoms with van der Waals surface area (Å²) in [5.74, 6) is 0.654. The first-order chi connectivity index (χ1) is 10.1. The maximum Gasteiger partial charge on any atom is 0.335 e. The Morgan fingerprint density at radius 3 is 2.67 bits per heavy atom. The van der Waals surface area contributed by atoms with Gasteiger partial charge in [-0.05, 0) is 68.7 Å². The van der Waals surface area contributed by atoms with E-state index >= 15 is 0 Å². The fourth-order valence-electron chi connectivity index (χ4n) is 2.91. The minimum Gasteiger partial charge on any atom is -0.478 e. The molecule has 2 atom stereocenters. The summed E-state index contributed by atoms with van der Waals surface area (Å²) in [6, 6.07) is 6.95. The molecule has 0 bridgehead atoms. The molecule has 0 spiro atoms. The highest BCUT2D eigenvalue weighted by molar-refractivity contribution is 5.87. The molecular weight excluding hydrogens is 262 g/mol. The molecule has 0 aliphatic heterocycles. The Labute approximate surface area is 127 Å². The number of carboxylic acids is 1. The molecule has 1 aliphatic carbocycles. The van der Waals surface area contributed by atoms with Crippen LogP contribution in [0.1, 0.15) is 49.9 Å². The lowest BCUT2D eigenvalue weighted by molar-refractivity contribution is 0.0697. The van der Waals surface area contributed by atoms with Crippen LogP contribution in [0.15, 0.2) is 35.9 Å². The van der Waals surface area contributed by atoms with E-state index in [1.165, 1.54) is 24.8 Å². The first-order valence-electron chi connectivity index (χ1n) is 7.79. The third-order valence-corrected chi connectivity index (χ3v) is 4.54. The van der Waals surface area contributed by atoms with Crippen LogP contribution in [-0.2, 0) is 0 Å². The topological polar surface area (TPSA) is 49.3 Å². The number of aromatic carboxylic acids is 1. The van der Waals surface area contributed by atoms with E-state index in [0.29, 0.717) is 5.56 Å². The van der Waals surface area contributed by atoms with Gasteiger partial charge in [0.2, 0.25) is 0 Å². The zero-order valence-electron chi connectivity index (χ0n) is 12.9. The number of carbonyl (C=O) groups is 1. The molecular formula is C18H25NO2. The molecule has 2 N–H and O–H groups in total. The molecule has 1 aromatic carbocycles. The number of anilines is 1. The number of allylic oxidation sites excluding steroid dienone is 2. The van der Waals surface area contributed by atoms with E-state index in [1.54, 1.807) is 12.1 Å². The highest BCUT2D eigenvalue weighted by atomic mass is 16.4. The first-order valence-corrected chi connectivity index (χ1v) is 7.79. The van der Waals surface area contributed by atoms with Crippen molar-refractivity contribution in [2.75, 3.05) is 11.9 Å². The van der Waals surface area contributed by atoms with Crippen molar-refractivity contribution in [2.24, 2.45) is 11.8 Å². The fraction of sp³-hybridized carbons (Fsp3) is 0.500. The van der Waals surface area contributed by atoms with E-state index in [1.807, 2.05) is 12.1 Å². The molecule has 3 nitrogen and oxygen atoms in total. The van der Waals surface area contributed by atoms with E-state index < -0.39 is 5.97 Å². The van der Waals surface area contributed by atoms with Crippen molar-refractivity contribution in [1.29, 1.82) is 0 Å². The highest BCUT2D eigenvalue weighted by Gasteiger charge is 2.18. The number of hydrogen-bond donors (Lipinski definition) is 2. The SMILES string of the molecule is CC1=CCC(C(C)CCNc2ccc(C(=O)O)cc2)CC1. The lowest BCUT2D eigenvalue weighted by Gasteiger charge is -2.26. The molecule has 0 heterocycles. The Morgan fingerprint density at radius 2 is 2.10 bits per heavy atom. The van der Waals surface area contributed by atoms with Gasteiger partial charge in [-0.15, -0.1) is 0 Å². The number of rotatable bonds is 6. The van der Waals surface area contributed by atoms with E-state index in [4.69, 9.17) is 5.11 Å². The molecule has 0 saturated carbocycles. The van der Waals surface area contributed by atoms with Crippen LogP contribution in [0.2, 0.25) is 0 Å². The third-order valence-electron chi connectivity index (χ3n) is 4.54. The number of carboxylic acid groups (broad SMARTS) is 1. The summed E-state index contributed by atoms with van der Waals surface area (Å²) in [5, 5.41) is 12.2. The third kappa shape index (κ3) is 4.62. The number of hydrogen-bond acceptors (Lipinski definition) is 2. The Hall–Kier alpha value is -1.77. The Morgan fingerprint density at radius 1 is 1.38 bits per heavy atom. The second kappa shape index (κ2) is 7.30. The van der Waals surface area contributed by atoms with Gasteiger partial charge in [0.05, 0.1) is 5.56 Å². The van der Waals surface area contributed by atoms with Crippen LogP contribution in [0.5, 0.6) is 0 Å². The van der Waals surface area contributed by atoms with Gasteiger partial charge in [0.25, 0.3) is 0 Å². The molecule has 114 valence electrons. The van der Waals surface area contributed by atoms with Gasteiger partial charge < -0.3 is 10.4 Å². The van der Waals surface area contributed by atoms with Crippen LogP contribution in [0, 0.1) is 11.8 Å². The second-order valence-electron chi connectivity index (χ2n) is 6.16. The monoisotopic (exact) mass is 287 g/mol. The van der Waals surface area contributed by atoms with Crippen LogP contribution >= 0.6 is 0 Å². The van der Waals surface area contributed by atoms with Crippen molar-refractivity contribution < 1.29 is 9.90 Å². The molecule has 2 unspecified atom stereocenters. The lowest BCUT2D eigenvalue weighted by atomic mass is 9.80. The average Bonchev–Trinajstić information content (AvgIpc) is 2.48. The van der Waals surface area contributed by atoms with Crippen LogP contribution < -0.4 is 5.32 Å². The van der Waals surface area contributed by atoms with Crippen molar-refractivity contribution in [3.05, 3.63) is 41.5 Å². The molecule has 0 fully saturated rings. The maximum atomic E-state index is 10.8. The van der Waals surface area contributed by atoms with Gasteiger partial charge in [0.15, 0.2) is 0 Å². The quantitative estimate of drug-likeness (QED) is 0.753. The standard InChI is InChI=1S/C18H25NO2/c1-13-3-5-15(6-4-13)14(2)11-12-19-17-9-7-16(8-10-17)18(20)21/h3,7-10,14-15,19H,4-6,11-12H2,1-2H3,(H,20,21). The summed E-state index contributed by atoms with van der Waals surface area (Å²) >= 11 is 0. The van der Waals surface area contributed by atoms with E-state index in [0.717, 1.165) is 30.5 Å². The summed E-state index contributed by atoms with van der Waals surface area (Å²) in [4.78, 5) is 10.8. The Bertz CT molecular complexity index is 504. The minimum atomic E-state index is -0.879. The lowest BCUT2D eigenvalue weighted by Crippen LogP contribution is -2.17. The van der Waals surface area contributed by atoms with Crippen LogP contribution in [0.4, 0.5) is 5.69 Å². The van der Waals surface area contributed by atoms with Crippen molar-refractivity contribution >= 4 is 11.7 Å². The van der Waals surface area contributed by atoms with Crippen LogP contribution in [0.3, 0.4) is 0 Å². The average molecular weight is 287 g/mol. The molecule has 21 heavy (non-hydrogen) atoms. The zero-order valence-corrected chi connectivity index (χ0v) is 12.9.